The van der Waals surface area contributed by atoms with Gasteiger partial charge in [0, 0.05) is 24.8 Å². The van der Waals surface area contributed by atoms with Gasteiger partial charge in [0.2, 0.25) is 5.91 Å². The quantitative estimate of drug-likeness (QED) is 0.563. The van der Waals surface area contributed by atoms with Crippen molar-refractivity contribution in [2.75, 3.05) is 24.6 Å². The van der Waals surface area contributed by atoms with E-state index in [2.05, 4.69) is 11.1 Å². The van der Waals surface area contributed by atoms with E-state index in [0.29, 0.717) is 18.0 Å². The fraction of sp³-hybridized carbons (Fsp3) is 0.579. The summed E-state index contributed by atoms with van der Waals surface area (Å²) in [5.74, 6) is 0.0614. The molecule has 0 spiro atoms. The van der Waals surface area contributed by atoms with Gasteiger partial charge in [0.05, 0.1) is 11.4 Å². The summed E-state index contributed by atoms with van der Waals surface area (Å²) >= 11 is 0. The number of hydrogen-bond acceptors (Lipinski definition) is 5. The van der Waals surface area contributed by atoms with Crippen molar-refractivity contribution in [1.82, 2.24) is 0 Å². The highest BCUT2D eigenvalue weighted by atomic mass is 16.1. The van der Waals surface area contributed by atoms with Gasteiger partial charge in [0.1, 0.15) is 5.78 Å². The minimum Gasteiger partial charge on any atom is -0.397 e. The highest BCUT2D eigenvalue weighted by Gasteiger charge is 2.26. The first kappa shape index (κ1) is 21.0. The van der Waals surface area contributed by atoms with Crippen LogP contribution in [0, 0.1) is 5.92 Å². The molecule has 1 atom stereocenters. The second-order valence-corrected chi connectivity index (χ2v) is 6.45. The van der Waals surface area contributed by atoms with Crippen LogP contribution in [0.15, 0.2) is 18.2 Å². The Morgan fingerprint density at radius 3 is 2.40 bits per heavy atom. The number of nitrogens with one attached hydrogen (secondary N) is 1. The lowest BCUT2D eigenvalue weighted by Crippen LogP contribution is -2.22. The lowest BCUT2D eigenvalue weighted by molar-refractivity contribution is -0.125. The van der Waals surface area contributed by atoms with Gasteiger partial charge in [-0.05, 0) is 37.6 Å². The van der Waals surface area contributed by atoms with E-state index < -0.39 is 0 Å². The van der Waals surface area contributed by atoms with Crippen LogP contribution in [-0.4, -0.2) is 25.3 Å². The summed E-state index contributed by atoms with van der Waals surface area (Å²) in [6.07, 6.45) is 5.87. The first-order valence-electron chi connectivity index (χ1n) is 9.02. The number of primary amides is 1. The van der Waals surface area contributed by atoms with Crippen molar-refractivity contribution in [1.29, 1.82) is 0 Å². The van der Waals surface area contributed by atoms with Gasteiger partial charge in [0.15, 0.2) is 0 Å². The standard InChI is InChI=1S/C18H27N3O2.CH5N/c1-12(18(23)13-5-3-2-4-6-13)14-7-8-16(15(19)11-14)21-10-9-17(20)22;1-2/h7-8,11-13,21H,2-6,9-10,19H2,1H3,(H2,20,22);2H2,1H3. The summed E-state index contributed by atoms with van der Waals surface area (Å²) in [5, 5.41) is 3.09. The third-order valence-electron chi connectivity index (χ3n) is 4.70. The molecule has 0 saturated heterocycles. The number of ketones is 1. The zero-order valence-electron chi connectivity index (χ0n) is 15.4. The molecule has 1 aliphatic rings. The van der Waals surface area contributed by atoms with Crippen LogP contribution in [0.4, 0.5) is 11.4 Å². The molecule has 1 fully saturated rings. The van der Waals surface area contributed by atoms with Crippen LogP contribution < -0.4 is 22.5 Å². The molecular formula is C19H32N4O2. The van der Waals surface area contributed by atoms with Crippen LogP contribution >= 0.6 is 0 Å². The molecule has 0 heterocycles. The van der Waals surface area contributed by atoms with Crippen molar-refractivity contribution in [2.24, 2.45) is 17.4 Å². The lowest BCUT2D eigenvalue weighted by atomic mass is 9.80. The highest BCUT2D eigenvalue weighted by molar-refractivity contribution is 5.88. The Bertz CT molecular complexity index is 569. The van der Waals surface area contributed by atoms with E-state index in [9.17, 15) is 9.59 Å². The number of nitrogen functional groups attached to an aromatic ring is 1. The molecule has 0 bridgehead atoms. The van der Waals surface area contributed by atoms with E-state index in [0.717, 1.165) is 36.9 Å². The van der Waals surface area contributed by atoms with Gasteiger partial charge in [-0.3, -0.25) is 9.59 Å². The van der Waals surface area contributed by atoms with Crippen LogP contribution in [0.3, 0.4) is 0 Å². The molecule has 1 aromatic carbocycles. The van der Waals surface area contributed by atoms with Gasteiger partial charge in [-0.1, -0.05) is 32.3 Å². The van der Waals surface area contributed by atoms with Gasteiger partial charge >= 0.3 is 0 Å². The molecule has 140 valence electrons. The first-order chi connectivity index (χ1) is 12.0. The number of anilines is 2. The second-order valence-electron chi connectivity index (χ2n) is 6.45. The molecular weight excluding hydrogens is 316 g/mol. The summed E-state index contributed by atoms with van der Waals surface area (Å²) in [7, 11) is 1.50. The van der Waals surface area contributed by atoms with Crippen molar-refractivity contribution in [3.8, 4) is 0 Å². The number of hydrogen-bond donors (Lipinski definition) is 4. The molecule has 1 unspecified atom stereocenters. The van der Waals surface area contributed by atoms with Crippen molar-refractivity contribution < 1.29 is 9.59 Å². The van der Waals surface area contributed by atoms with Gasteiger partial charge in [-0.25, -0.2) is 0 Å². The summed E-state index contributed by atoms with van der Waals surface area (Å²) in [6, 6.07) is 5.67. The van der Waals surface area contributed by atoms with Crippen LogP contribution in [0.1, 0.15) is 56.9 Å². The number of amides is 1. The van der Waals surface area contributed by atoms with Crippen molar-refractivity contribution >= 4 is 23.1 Å². The van der Waals surface area contributed by atoms with Crippen LogP contribution in [0.2, 0.25) is 0 Å². The number of carbonyl (C=O) groups is 2. The average Bonchev–Trinajstić information content (AvgIpc) is 2.64. The summed E-state index contributed by atoms with van der Waals surface area (Å²) in [6.45, 7) is 2.42. The second kappa shape index (κ2) is 10.7. The van der Waals surface area contributed by atoms with Gasteiger partial charge in [-0.15, -0.1) is 0 Å². The summed E-state index contributed by atoms with van der Waals surface area (Å²) in [4.78, 5) is 23.4. The topological polar surface area (TPSA) is 124 Å². The van der Waals surface area contributed by atoms with E-state index in [1.165, 1.54) is 13.5 Å². The molecule has 1 aliphatic carbocycles. The molecule has 25 heavy (non-hydrogen) atoms. The maximum Gasteiger partial charge on any atom is 0.219 e. The smallest absolute Gasteiger partial charge is 0.219 e. The molecule has 1 aromatic rings. The molecule has 6 heteroatoms. The molecule has 0 aliphatic heterocycles. The van der Waals surface area contributed by atoms with Crippen molar-refractivity contribution in [3.63, 3.8) is 0 Å². The molecule has 6 nitrogen and oxygen atoms in total. The Balaban J connectivity index is 0.00000151. The Kier molecular flexibility index (Phi) is 8.99. The Morgan fingerprint density at radius 1 is 1.20 bits per heavy atom. The number of rotatable bonds is 7. The first-order valence-corrected chi connectivity index (χ1v) is 9.02. The Morgan fingerprint density at radius 2 is 1.84 bits per heavy atom. The average molecular weight is 348 g/mol. The van der Waals surface area contributed by atoms with Crippen molar-refractivity contribution in [2.45, 2.75) is 51.4 Å². The Labute approximate surface area is 150 Å². The zero-order chi connectivity index (χ0) is 18.8. The number of benzene rings is 1. The largest absolute Gasteiger partial charge is 0.397 e. The third-order valence-corrected chi connectivity index (χ3v) is 4.70. The van der Waals surface area contributed by atoms with Gasteiger partial charge < -0.3 is 22.5 Å². The van der Waals surface area contributed by atoms with Crippen molar-refractivity contribution in [3.05, 3.63) is 23.8 Å². The normalized spacial score (nSPS) is 15.6. The predicted octanol–water partition coefficient (Wildman–Crippen LogP) is 2.38. The predicted molar refractivity (Wildman–Crippen MR) is 103 cm³/mol. The number of nitrogens with two attached hydrogens (primary N) is 3. The summed E-state index contributed by atoms with van der Waals surface area (Å²) < 4.78 is 0. The maximum absolute atomic E-state index is 12.6. The fourth-order valence-electron chi connectivity index (χ4n) is 3.24. The number of carbonyl (C=O) groups excluding carboxylic acids is 2. The van der Waals surface area contributed by atoms with Crippen LogP contribution in [-0.2, 0) is 9.59 Å². The number of Topliss-reactive ketones (excluding diaryl/α,β-unsaturated/α-hetero) is 1. The Hall–Kier alpha value is -2.08. The minimum atomic E-state index is -0.348. The van der Waals surface area contributed by atoms with E-state index in [-0.39, 0.29) is 24.2 Å². The lowest BCUT2D eigenvalue weighted by Gasteiger charge is -2.24. The van der Waals surface area contributed by atoms with Gasteiger partial charge in [-0.2, -0.15) is 0 Å². The van der Waals surface area contributed by atoms with Crippen LogP contribution in [0.5, 0.6) is 0 Å². The molecule has 1 saturated carbocycles. The summed E-state index contributed by atoms with van der Waals surface area (Å²) in [5.41, 5.74) is 18.0. The van der Waals surface area contributed by atoms with E-state index in [1.54, 1.807) is 0 Å². The molecule has 2 rings (SSSR count). The van der Waals surface area contributed by atoms with E-state index in [4.69, 9.17) is 11.5 Å². The molecule has 0 radical (unpaired) electrons. The maximum atomic E-state index is 12.6. The third kappa shape index (κ3) is 6.38. The van der Waals surface area contributed by atoms with E-state index >= 15 is 0 Å². The molecule has 1 amide bonds. The van der Waals surface area contributed by atoms with Gasteiger partial charge in [0.25, 0.3) is 0 Å². The van der Waals surface area contributed by atoms with Crippen LogP contribution in [0.25, 0.3) is 0 Å². The fourth-order valence-corrected chi connectivity index (χ4v) is 3.24. The monoisotopic (exact) mass is 348 g/mol. The SMILES string of the molecule is CC(C(=O)C1CCCCC1)c1ccc(NCCC(N)=O)c(N)c1.CN. The highest BCUT2D eigenvalue weighted by Crippen LogP contribution is 2.32. The molecule has 7 N–H and O–H groups in total. The molecule has 0 aromatic heterocycles. The van der Waals surface area contributed by atoms with E-state index in [1.807, 2.05) is 25.1 Å². The zero-order valence-corrected chi connectivity index (χ0v) is 15.4. The minimum absolute atomic E-state index is 0.125.